The molecule has 0 spiro atoms. The maximum absolute atomic E-state index is 10.8. The molecule has 0 radical (unpaired) electrons. The molecule has 0 aliphatic heterocycles. The Bertz CT molecular complexity index is 534. The molecule has 1 aromatic rings. The van der Waals surface area contributed by atoms with Crippen LogP contribution in [0.25, 0.3) is 0 Å². The molecule has 6 nitrogen and oxygen atoms in total. The normalized spacial score (nSPS) is 11.4. The van der Waals surface area contributed by atoms with Gasteiger partial charge >= 0.3 is 0 Å². The maximum atomic E-state index is 10.8. The van der Waals surface area contributed by atoms with E-state index < -0.39 is 10.0 Å². The Morgan fingerprint density at radius 2 is 2.00 bits per heavy atom. The lowest BCUT2D eigenvalue weighted by atomic mass is 10.2. The first-order valence-corrected chi connectivity index (χ1v) is 7.59. The van der Waals surface area contributed by atoms with Crippen LogP contribution >= 0.6 is 11.6 Å². The van der Waals surface area contributed by atoms with Gasteiger partial charge in [-0.2, -0.15) is 0 Å². The summed E-state index contributed by atoms with van der Waals surface area (Å²) in [7, 11) is -0.424. The summed E-state index contributed by atoms with van der Waals surface area (Å²) in [6.07, 6.45) is 0. The number of hydrogen-bond acceptors (Lipinski definition) is 5. The smallest absolute Gasteiger partial charge is 0.210 e. The third-order valence-electron chi connectivity index (χ3n) is 2.44. The number of hydrogen-bond donors (Lipinski definition) is 2. The highest BCUT2D eigenvalue weighted by atomic mass is 35.5. The van der Waals surface area contributed by atoms with Crippen molar-refractivity contribution in [1.82, 2.24) is 5.32 Å². The van der Waals surface area contributed by atoms with Gasteiger partial charge in [0.1, 0.15) is 0 Å². The lowest BCUT2D eigenvalue weighted by molar-refractivity contribution is 0.354. The van der Waals surface area contributed by atoms with Crippen LogP contribution in [-0.2, 0) is 16.6 Å². The molecular weight excluding hydrogens is 292 g/mol. The quantitative estimate of drug-likeness (QED) is 0.725. The van der Waals surface area contributed by atoms with Crippen LogP contribution in [0.15, 0.2) is 12.1 Å². The van der Waals surface area contributed by atoms with Crippen LogP contribution in [0, 0.1) is 0 Å². The van der Waals surface area contributed by atoms with Crippen molar-refractivity contribution in [3.8, 4) is 11.5 Å². The summed E-state index contributed by atoms with van der Waals surface area (Å²) in [5, 5.41) is 8.28. The Balaban J connectivity index is 2.69. The number of benzene rings is 1. The van der Waals surface area contributed by atoms with Gasteiger partial charge in [0.25, 0.3) is 0 Å². The summed E-state index contributed by atoms with van der Waals surface area (Å²) in [5.41, 5.74) is 0.786. The van der Waals surface area contributed by atoms with Crippen LogP contribution in [0.4, 0.5) is 0 Å². The largest absolute Gasteiger partial charge is 0.493 e. The van der Waals surface area contributed by atoms with Gasteiger partial charge in [-0.1, -0.05) is 17.7 Å². The number of nitrogens with one attached hydrogen (secondary N) is 1. The molecule has 0 heterocycles. The van der Waals surface area contributed by atoms with Crippen molar-refractivity contribution in [2.75, 3.05) is 26.5 Å². The zero-order valence-corrected chi connectivity index (χ0v) is 12.3. The highest BCUT2D eigenvalue weighted by Gasteiger charge is 2.12. The van der Waals surface area contributed by atoms with Gasteiger partial charge < -0.3 is 14.8 Å². The molecular formula is C11H17ClN2O4S. The Hall–Kier alpha value is -1.02. The lowest BCUT2D eigenvalue weighted by Gasteiger charge is -2.13. The Kier molecular flexibility index (Phi) is 5.86. The molecule has 1 aromatic carbocycles. The second-order valence-electron chi connectivity index (χ2n) is 3.82. The standard InChI is InChI=1S/C11H17ClN2O4S/c1-17-9-4-3-8(10(12)11(9)18-2)7-14-5-6-19(13,15)16/h3-4,14H,5-7H2,1-2H3,(H2,13,15,16). The molecule has 0 bridgehead atoms. The van der Waals surface area contributed by atoms with Crippen LogP contribution < -0.4 is 19.9 Å². The molecule has 108 valence electrons. The Morgan fingerprint density at radius 3 is 2.53 bits per heavy atom. The molecule has 0 atom stereocenters. The number of nitrogens with two attached hydrogens (primary N) is 1. The van der Waals surface area contributed by atoms with E-state index in [9.17, 15) is 8.42 Å². The molecule has 0 aliphatic rings. The summed E-state index contributed by atoms with van der Waals surface area (Å²) in [6.45, 7) is 0.665. The molecule has 0 amide bonds. The van der Waals surface area contributed by atoms with Crippen LogP contribution in [0.2, 0.25) is 5.02 Å². The second-order valence-corrected chi connectivity index (χ2v) is 5.93. The number of primary sulfonamides is 1. The zero-order valence-electron chi connectivity index (χ0n) is 10.8. The molecule has 0 aromatic heterocycles. The van der Waals surface area contributed by atoms with Crippen molar-refractivity contribution in [2.24, 2.45) is 5.14 Å². The minimum atomic E-state index is -3.45. The zero-order chi connectivity index (χ0) is 14.5. The summed E-state index contributed by atoms with van der Waals surface area (Å²) in [6, 6.07) is 3.52. The maximum Gasteiger partial charge on any atom is 0.210 e. The summed E-state index contributed by atoms with van der Waals surface area (Å²) in [4.78, 5) is 0. The highest BCUT2D eigenvalue weighted by molar-refractivity contribution is 7.89. The SMILES string of the molecule is COc1ccc(CNCCS(N)(=O)=O)c(Cl)c1OC. The molecule has 0 saturated heterocycles. The number of sulfonamides is 1. The van der Waals surface area contributed by atoms with E-state index in [0.29, 0.717) is 23.1 Å². The minimum Gasteiger partial charge on any atom is -0.493 e. The number of ether oxygens (including phenoxy) is 2. The summed E-state index contributed by atoms with van der Waals surface area (Å²) in [5.74, 6) is 0.869. The van der Waals surface area contributed by atoms with Crippen molar-refractivity contribution in [2.45, 2.75) is 6.54 Å². The van der Waals surface area contributed by atoms with E-state index in [1.165, 1.54) is 14.2 Å². The molecule has 1 rings (SSSR count). The van der Waals surface area contributed by atoms with Gasteiger partial charge in [-0.05, 0) is 11.6 Å². The third kappa shape index (κ3) is 4.87. The number of halogens is 1. The predicted molar refractivity (Wildman–Crippen MR) is 74.2 cm³/mol. The topological polar surface area (TPSA) is 90.6 Å². The number of methoxy groups -OCH3 is 2. The number of rotatable bonds is 7. The van der Waals surface area contributed by atoms with E-state index in [-0.39, 0.29) is 12.3 Å². The molecule has 0 saturated carbocycles. The average Bonchev–Trinajstić information content (AvgIpc) is 2.34. The third-order valence-corrected chi connectivity index (χ3v) is 3.63. The molecule has 0 fully saturated rings. The van der Waals surface area contributed by atoms with Crippen molar-refractivity contribution in [1.29, 1.82) is 0 Å². The molecule has 3 N–H and O–H groups in total. The van der Waals surface area contributed by atoms with Gasteiger partial charge in [0, 0.05) is 13.1 Å². The van der Waals surface area contributed by atoms with Gasteiger partial charge in [-0.3, -0.25) is 0 Å². The second kappa shape index (κ2) is 6.95. The van der Waals surface area contributed by atoms with Crippen molar-refractivity contribution in [3.63, 3.8) is 0 Å². The fourth-order valence-corrected chi connectivity index (χ4v) is 2.23. The average molecular weight is 309 g/mol. The van der Waals surface area contributed by atoms with E-state index in [4.69, 9.17) is 26.2 Å². The fraction of sp³-hybridized carbons (Fsp3) is 0.455. The first kappa shape index (κ1) is 16.0. The first-order valence-electron chi connectivity index (χ1n) is 5.49. The Morgan fingerprint density at radius 1 is 1.32 bits per heavy atom. The van der Waals surface area contributed by atoms with Crippen LogP contribution in [0.3, 0.4) is 0 Å². The van der Waals surface area contributed by atoms with Gasteiger partial charge in [-0.25, -0.2) is 13.6 Å². The van der Waals surface area contributed by atoms with Crippen LogP contribution in [0.5, 0.6) is 11.5 Å². The Labute approximate surface area is 117 Å². The minimum absolute atomic E-state index is 0.127. The molecule has 19 heavy (non-hydrogen) atoms. The fourth-order valence-electron chi connectivity index (χ4n) is 1.50. The van der Waals surface area contributed by atoms with Gasteiger partial charge in [-0.15, -0.1) is 0 Å². The molecule has 8 heteroatoms. The molecule has 0 aliphatic carbocycles. The van der Waals surface area contributed by atoms with E-state index >= 15 is 0 Å². The van der Waals surface area contributed by atoms with Crippen molar-refractivity contribution >= 4 is 21.6 Å². The van der Waals surface area contributed by atoms with E-state index in [1.54, 1.807) is 12.1 Å². The van der Waals surface area contributed by atoms with Crippen LogP contribution in [-0.4, -0.2) is 34.9 Å². The van der Waals surface area contributed by atoms with E-state index in [0.717, 1.165) is 5.56 Å². The van der Waals surface area contributed by atoms with Gasteiger partial charge in [0.2, 0.25) is 10.0 Å². The van der Waals surface area contributed by atoms with Gasteiger partial charge in [0.05, 0.1) is 25.0 Å². The first-order chi connectivity index (χ1) is 8.89. The summed E-state index contributed by atoms with van der Waals surface area (Å²) < 4.78 is 31.8. The van der Waals surface area contributed by atoms with Crippen molar-refractivity contribution in [3.05, 3.63) is 22.7 Å². The van der Waals surface area contributed by atoms with Crippen molar-refractivity contribution < 1.29 is 17.9 Å². The summed E-state index contributed by atoms with van der Waals surface area (Å²) >= 11 is 6.17. The molecule has 0 unspecified atom stereocenters. The lowest BCUT2D eigenvalue weighted by Crippen LogP contribution is -2.26. The van der Waals surface area contributed by atoms with Gasteiger partial charge in [0.15, 0.2) is 11.5 Å². The van der Waals surface area contributed by atoms with E-state index in [2.05, 4.69) is 5.32 Å². The highest BCUT2D eigenvalue weighted by Crippen LogP contribution is 2.37. The predicted octanol–water partition coefficient (Wildman–Crippen LogP) is 0.735. The van der Waals surface area contributed by atoms with Crippen LogP contribution in [0.1, 0.15) is 5.56 Å². The van der Waals surface area contributed by atoms with E-state index in [1.807, 2.05) is 0 Å². The monoisotopic (exact) mass is 308 g/mol.